The number of anilines is 3. The summed E-state index contributed by atoms with van der Waals surface area (Å²) < 4.78 is 9.32. The van der Waals surface area contributed by atoms with E-state index in [9.17, 15) is 28.8 Å². The molecule has 2 aliphatic heterocycles. The lowest BCUT2D eigenvalue weighted by atomic mass is 10.1. The van der Waals surface area contributed by atoms with Gasteiger partial charge in [0.1, 0.15) is 24.2 Å². The summed E-state index contributed by atoms with van der Waals surface area (Å²) in [6.07, 6.45) is 1.78. The summed E-state index contributed by atoms with van der Waals surface area (Å²) >= 11 is 0. The van der Waals surface area contributed by atoms with Crippen LogP contribution >= 0.6 is 0 Å². The highest BCUT2D eigenvalue weighted by Crippen LogP contribution is 2.25. The zero-order chi connectivity index (χ0) is 40.9. The molecule has 0 aromatic heterocycles. The first kappa shape index (κ1) is 42.0. The topological polar surface area (TPSA) is 179 Å². The van der Waals surface area contributed by atoms with Gasteiger partial charge in [0, 0.05) is 43.2 Å². The van der Waals surface area contributed by atoms with Gasteiger partial charge >= 0.3 is 12.2 Å². The number of carbonyl (C=O) groups is 6. The Bertz CT molecular complexity index is 1740. The number of rotatable bonds is 15. The standard InChI is InChI=1S/C42H53N7O8/c1-5-33(45-41(54)56-3)39(52)48-24-10-14-35(48)37(50)43-30-20-16-28(17-21-30)26-47(32-12-8-7-9-13-32)27-29-18-22-31(23-19-29)44-38(51)36-15-11-25-49(36)40(53)34(6-2)46-42(55)57-4/h7-9,12-13,16-23,33-36H,5-6,10-11,14-15,24-27H2,1-4H3,(H,43,50)(H,44,51)(H,45,54)(H,46,55)/t33-,34-,35?,36?/m0/s1. The number of para-hydroxylation sites is 1. The molecule has 57 heavy (non-hydrogen) atoms. The molecule has 5 rings (SSSR count). The number of alkyl carbamates (subject to hydrolysis) is 2. The van der Waals surface area contributed by atoms with Gasteiger partial charge in [0.15, 0.2) is 0 Å². The second-order valence-electron chi connectivity index (χ2n) is 14.1. The van der Waals surface area contributed by atoms with Crippen LogP contribution in [0.15, 0.2) is 78.9 Å². The molecule has 15 nitrogen and oxygen atoms in total. The van der Waals surface area contributed by atoms with E-state index in [4.69, 9.17) is 0 Å². The molecule has 4 N–H and O–H groups in total. The highest BCUT2D eigenvalue weighted by molar-refractivity contribution is 5.99. The Morgan fingerprint density at radius 3 is 1.40 bits per heavy atom. The largest absolute Gasteiger partial charge is 0.453 e. The molecule has 0 radical (unpaired) electrons. The molecular weight excluding hydrogens is 731 g/mol. The zero-order valence-corrected chi connectivity index (χ0v) is 33.0. The first-order chi connectivity index (χ1) is 27.5. The predicted octanol–water partition coefficient (Wildman–Crippen LogP) is 5.02. The van der Waals surface area contributed by atoms with Crippen LogP contribution in [0, 0.1) is 0 Å². The lowest BCUT2D eigenvalue weighted by Gasteiger charge is -2.28. The van der Waals surface area contributed by atoms with E-state index in [1.54, 1.807) is 13.8 Å². The van der Waals surface area contributed by atoms with Crippen LogP contribution in [0.2, 0.25) is 0 Å². The number of carbonyl (C=O) groups excluding carboxylic acids is 6. The van der Waals surface area contributed by atoms with Gasteiger partial charge in [-0.1, -0.05) is 56.3 Å². The van der Waals surface area contributed by atoms with Crippen LogP contribution in [0.3, 0.4) is 0 Å². The molecule has 0 saturated carbocycles. The lowest BCUT2D eigenvalue weighted by molar-refractivity contribution is -0.138. The van der Waals surface area contributed by atoms with Crippen molar-refractivity contribution in [2.45, 2.75) is 89.6 Å². The lowest BCUT2D eigenvalue weighted by Crippen LogP contribution is -2.52. The van der Waals surface area contributed by atoms with E-state index >= 15 is 0 Å². The number of ether oxygens (including phenoxy) is 2. The average Bonchev–Trinajstić information content (AvgIpc) is 3.94. The van der Waals surface area contributed by atoms with Crippen LogP contribution < -0.4 is 26.2 Å². The molecule has 0 bridgehead atoms. The summed E-state index contributed by atoms with van der Waals surface area (Å²) in [4.78, 5) is 82.0. The molecular formula is C42H53N7O8. The third-order valence-corrected chi connectivity index (χ3v) is 10.4. The van der Waals surface area contributed by atoms with Crippen molar-refractivity contribution in [1.29, 1.82) is 0 Å². The van der Waals surface area contributed by atoms with Crippen molar-refractivity contribution >= 4 is 52.9 Å². The molecule has 0 spiro atoms. The molecule has 3 aromatic carbocycles. The molecule has 4 atom stereocenters. The second kappa shape index (κ2) is 20.2. The van der Waals surface area contributed by atoms with E-state index < -0.39 is 36.4 Å². The first-order valence-electron chi connectivity index (χ1n) is 19.4. The monoisotopic (exact) mass is 783 g/mol. The van der Waals surface area contributed by atoms with Crippen molar-refractivity contribution < 1.29 is 38.2 Å². The summed E-state index contributed by atoms with van der Waals surface area (Å²) in [5.41, 5.74) is 4.27. The van der Waals surface area contributed by atoms with Gasteiger partial charge in [-0.15, -0.1) is 0 Å². The van der Waals surface area contributed by atoms with Crippen molar-refractivity contribution in [3.63, 3.8) is 0 Å². The maximum Gasteiger partial charge on any atom is 0.407 e. The minimum Gasteiger partial charge on any atom is -0.453 e. The third-order valence-electron chi connectivity index (χ3n) is 10.4. The number of nitrogens with one attached hydrogen (secondary N) is 4. The van der Waals surface area contributed by atoms with Crippen LogP contribution in [0.25, 0.3) is 0 Å². The Kier molecular flexibility index (Phi) is 14.9. The molecule has 304 valence electrons. The molecule has 2 heterocycles. The van der Waals surface area contributed by atoms with E-state index in [2.05, 4.69) is 35.6 Å². The van der Waals surface area contributed by atoms with E-state index in [-0.39, 0.29) is 23.6 Å². The summed E-state index contributed by atoms with van der Waals surface area (Å²) in [6, 6.07) is 22.4. The van der Waals surface area contributed by atoms with Crippen LogP contribution in [-0.2, 0) is 41.7 Å². The Hall–Kier alpha value is -6.12. The number of benzene rings is 3. The fourth-order valence-corrected chi connectivity index (χ4v) is 7.24. The fraction of sp³-hybridized carbons (Fsp3) is 0.429. The van der Waals surface area contributed by atoms with Crippen molar-refractivity contribution in [2.75, 3.05) is 42.8 Å². The van der Waals surface area contributed by atoms with Gasteiger partial charge in [0.2, 0.25) is 23.6 Å². The van der Waals surface area contributed by atoms with Gasteiger partial charge in [-0.25, -0.2) is 9.59 Å². The summed E-state index contributed by atoms with van der Waals surface area (Å²) in [6.45, 7) is 5.59. The van der Waals surface area contributed by atoms with Crippen molar-refractivity contribution in [2.24, 2.45) is 0 Å². The van der Waals surface area contributed by atoms with Gasteiger partial charge in [-0.3, -0.25) is 19.2 Å². The summed E-state index contributed by atoms with van der Waals surface area (Å²) in [7, 11) is 2.48. The van der Waals surface area contributed by atoms with Gasteiger partial charge in [-0.2, -0.15) is 0 Å². The van der Waals surface area contributed by atoms with Gasteiger partial charge < -0.3 is 45.4 Å². The van der Waals surface area contributed by atoms with Crippen LogP contribution in [0.4, 0.5) is 26.7 Å². The van der Waals surface area contributed by atoms with Gasteiger partial charge in [0.05, 0.1) is 14.2 Å². The molecule has 6 amide bonds. The number of amides is 6. The predicted molar refractivity (Wildman–Crippen MR) is 215 cm³/mol. The number of hydrogen-bond acceptors (Lipinski definition) is 9. The molecule has 2 fully saturated rings. The Morgan fingerprint density at radius 2 is 1.04 bits per heavy atom. The maximum absolute atomic E-state index is 13.4. The fourth-order valence-electron chi connectivity index (χ4n) is 7.24. The number of nitrogens with zero attached hydrogens (tertiary/aromatic N) is 3. The maximum atomic E-state index is 13.4. The molecule has 15 heteroatoms. The average molecular weight is 784 g/mol. The van der Waals surface area contributed by atoms with Crippen LogP contribution in [-0.4, -0.2) is 97.1 Å². The Balaban J connectivity index is 1.19. The molecule has 2 unspecified atom stereocenters. The normalized spacial score (nSPS) is 17.2. The highest BCUT2D eigenvalue weighted by atomic mass is 16.5. The molecule has 0 aliphatic carbocycles. The second-order valence-corrected chi connectivity index (χ2v) is 14.1. The number of likely N-dealkylation sites (tertiary alicyclic amines) is 2. The first-order valence-corrected chi connectivity index (χ1v) is 19.4. The SMILES string of the molecule is CC[C@H](NC(=O)OC)C(=O)N1CCCC1C(=O)Nc1ccc(CN(Cc2ccc(NC(=O)C3CCCN3C(=O)[C@H](CC)NC(=O)OC)cc2)c2ccccc2)cc1. The number of hydrogen-bond donors (Lipinski definition) is 4. The minimum absolute atomic E-state index is 0.279. The van der Waals surface area contributed by atoms with Crippen LogP contribution in [0.5, 0.6) is 0 Å². The van der Waals surface area contributed by atoms with E-state index in [0.29, 0.717) is 76.1 Å². The quantitative estimate of drug-likeness (QED) is 0.165. The van der Waals surface area contributed by atoms with Crippen molar-refractivity contribution in [3.05, 3.63) is 90.0 Å². The van der Waals surface area contributed by atoms with E-state index in [0.717, 1.165) is 16.8 Å². The molecule has 3 aromatic rings. The van der Waals surface area contributed by atoms with Gasteiger partial charge in [-0.05, 0) is 86.1 Å². The van der Waals surface area contributed by atoms with Crippen molar-refractivity contribution in [3.8, 4) is 0 Å². The van der Waals surface area contributed by atoms with Gasteiger partial charge in [0.25, 0.3) is 0 Å². The van der Waals surface area contributed by atoms with E-state index in [1.165, 1.54) is 24.0 Å². The van der Waals surface area contributed by atoms with E-state index in [1.807, 2.05) is 78.9 Å². The Labute approximate surface area is 333 Å². The number of methoxy groups -OCH3 is 2. The third kappa shape index (κ3) is 11.0. The molecule has 2 saturated heterocycles. The summed E-state index contributed by atoms with van der Waals surface area (Å²) in [5, 5.41) is 11.0. The minimum atomic E-state index is -0.776. The van der Waals surface area contributed by atoms with Crippen LogP contribution in [0.1, 0.15) is 63.5 Å². The summed E-state index contributed by atoms with van der Waals surface area (Å²) in [5.74, 6) is -1.17. The van der Waals surface area contributed by atoms with Crippen molar-refractivity contribution in [1.82, 2.24) is 20.4 Å². The Morgan fingerprint density at radius 1 is 0.632 bits per heavy atom. The zero-order valence-electron chi connectivity index (χ0n) is 33.0. The highest BCUT2D eigenvalue weighted by Gasteiger charge is 2.38. The molecule has 2 aliphatic rings. The smallest absolute Gasteiger partial charge is 0.407 e.